The van der Waals surface area contributed by atoms with E-state index in [1.807, 2.05) is 24.3 Å². The monoisotopic (exact) mass is 340 g/mol. The normalized spacial score (nSPS) is 13.0. The van der Waals surface area contributed by atoms with Gasteiger partial charge in [0.05, 0.1) is 18.4 Å². The molecular formula is C19H20N2O4. The van der Waals surface area contributed by atoms with Crippen molar-refractivity contribution in [2.75, 3.05) is 32.2 Å². The number of likely N-dealkylation sites (N-methyl/N-ethyl adjacent to an activating group) is 1. The minimum absolute atomic E-state index is 0.0559. The predicted octanol–water partition coefficient (Wildman–Crippen LogP) is 2.02. The second kappa shape index (κ2) is 7.25. The summed E-state index contributed by atoms with van der Waals surface area (Å²) in [5.41, 5.74) is 2.16. The average molecular weight is 340 g/mol. The van der Waals surface area contributed by atoms with Gasteiger partial charge in [-0.3, -0.25) is 9.59 Å². The van der Waals surface area contributed by atoms with Crippen LogP contribution in [-0.4, -0.2) is 39.1 Å². The molecule has 0 atom stereocenters. The summed E-state index contributed by atoms with van der Waals surface area (Å²) in [5.74, 6) is 0.906. The molecule has 0 aliphatic carbocycles. The first-order valence-electron chi connectivity index (χ1n) is 8.03. The smallest absolute Gasteiger partial charge is 0.264 e. The molecule has 2 aromatic rings. The molecule has 0 saturated heterocycles. The van der Waals surface area contributed by atoms with E-state index in [4.69, 9.17) is 9.47 Å². The number of carbonyl (C=O) groups is 2. The van der Waals surface area contributed by atoms with Gasteiger partial charge in [0.2, 0.25) is 0 Å². The van der Waals surface area contributed by atoms with E-state index in [2.05, 4.69) is 5.32 Å². The summed E-state index contributed by atoms with van der Waals surface area (Å²) in [6.45, 7) is 0.448. The fourth-order valence-electron chi connectivity index (χ4n) is 2.69. The molecule has 2 aromatic carbocycles. The van der Waals surface area contributed by atoms with E-state index >= 15 is 0 Å². The highest BCUT2D eigenvalue weighted by Crippen LogP contribution is 2.34. The quantitative estimate of drug-likeness (QED) is 0.904. The maximum atomic E-state index is 12.5. The number of hydrogen-bond acceptors (Lipinski definition) is 4. The van der Waals surface area contributed by atoms with Crippen LogP contribution in [0.25, 0.3) is 0 Å². The number of carbonyl (C=O) groups excluding carboxylic acids is 2. The lowest BCUT2D eigenvalue weighted by atomic mass is 10.1. The first kappa shape index (κ1) is 16.8. The van der Waals surface area contributed by atoms with Crippen LogP contribution >= 0.6 is 0 Å². The van der Waals surface area contributed by atoms with Gasteiger partial charge in [-0.05, 0) is 36.2 Å². The molecule has 0 bridgehead atoms. The Bertz CT molecular complexity index is 787. The lowest BCUT2D eigenvalue weighted by molar-refractivity contribution is -0.121. The summed E-state index contributed by atoms with van der Waals surface area (Å²) >= 11 is 0. The van der Waals surface area contributed by atoms with Crippen LogP contribution in [0.4, 0.5) is 5.69 Å². The van der Waals surface area contributed by atoms with Crippen LogP contribution in [0.1, 0.15) is 15.9 Å². The van der Waals surface area contributed by atoms with Crippen molar-refractivity contribution in [1.29, 1.82) is 0 Å². The molecule has 0 aromatic heterocycles. The summed E-state index contributed by atoms with van der Waals surface area (Å²) in [6, 6.07) is 12.9. The Kier molecular flexibility index (Phi) is 4.88. The number of hydrogen-bond donors (Lipinski definition) is 1. The largest absolute Gasteiger partial charge is 0.497 e. The molecule has 1 aliphatic heterocycles. The molecule has 0 saturated carbocycles. The SMILES string of the molecule is COc1ccc(CCNC(=O)c2cccc3c2OCC(=O)N3C)cc1. The molecule has 3 rings (SSSR count). The van der Waals surface area contributed by atoms with Crippen molar-refractivity contribution in [3.05, 3.63) is 53.6 Å². The zero-order chi connectivity index (χ0) is 17.8. The lowest BCUT2D eigenvalue weighted by Crippen LogP contribution is -2.36. The van der Waals surface area contributed by atoms with Crippen LogP contribution in [0.3, 0.4) is 0 Å². The van der Waals surface area contributed by atoms with Gasteiger partial charge in [0, 0.05) is 13.6 Å². The molecule has 1 N–H and O–H groups in total. The Morgan fingerprint density at radius 1 is 1.24 bits per heavy atom. The molecule has 1 heterocycles. The molecule has 0 radical (unpaired) electrons. The zero-order valence-corrected chi connectivity index (χ0v) is 14.2. The fraction of sp³-hybridized carbons (Fsp3) is 0.263. The third kappa shape index (κ3) is 3.57. The van der Waals surface area contributed by atoms with E-state index in [9.17, 15) is 9.59 Å². The van der Waals surface area contributed by atoms with E-state index in [-0.39, 0.29) is 18.4 Å². The number of fused-ring (bicyclic) bond motifs is 1. The molecule has 2 amide bonds. The number of benzene rings is 2. The van der Waals surface area contributed by atoms with Gasteiger partial charge in [-0.15, -0.1) is 0 Å². The van der Waals surface area contributed by atoms with Crippen LogP contribution in [0.15, 0.2) is 42.5 Å². The first-order valence-corrected chi connectivity index (χ1v) is 8.03. The second-order valence-corrected chi connectivity index (χ2v) is 5.75. The van der Waals surface area contributed by atoms with Crippen molar-refractivity contribution in [3.8, 4) is 11.5 Å². The van der Waals surface area contributed by atoms with Crippen molar-refractivity contribution in [1.82, 2.24) is 5.32 Å². The number of para-hydroxylation sites is 1. The lowest BCUT2D eigenvalue weighted by Gasteiger charge is -2.27. The van der Waals surface area contributed by atoms with Crippen LogP contribution < -0.4 is 19.7 Å². The minimum Gasteiger partial charge on any atom is -0.497 e. The number of amides is 2. The van der Waals surface area contributed by atoms with E-state index in [1.54, 1.807) is 32.4 Å². The van der Waals surface area contributed by atoms with Crippen molar-refractivity contribution >= 4 is 17.5 Å². The zero-order valence-electron chi connectivity index (χ0n) is 14.2. The van der Waals surface area contributed by atoms with Gasteiger partial charge in [-0.2, -0.15) is 0 Å². The summed E-state index contributed by atoms with van der Waals surface area (Å²) in [5, 5.41) is 2.90. The topological polar surface area (TPSA) is 67.9 Å². The summed E-state index contributed by atoms with van der Waals surface area (Å²) < 4.78 is 10.6. The van der Waals surface area contributed by atoms with Gasteiger partial charge >= 0.3 is 0 Å². The average Bonchev–Trinajstić information content (AvgIpc) is 2.65. The number of anilines is 1. The molecule has 0 fully saturated rings. The summed E-state index contributed by atoms with van der Waals surface area (Å²) in [7, 11) is 3.30. The second-order valence-electron chi connectivity index (χ2n) is 5.75. The van der Waals surface area contributed by atoms with Crippen LogP contribution in [0, 0.1) is 0 Å². The highest BCUT2D eigenvalue weighted by Gasteiger charge is 2.26. The number of methoxy groups -OCH3 is 1. The van der Waals surface area contributed by atoms with Crippen LogP contribution in [-0.2, 0) is 11.2 Å². The summed E-state index contributed by atoms with van der Waals surface area (Å²) in [6.07, 6.45) is 0.712. The van der Waals surface area contributed by atoms with Gasteiger partial charge in [-0.25, -0.2) is 0 Å². The minimum atomic E-state index is -0.215. The maximum absolute atomic E-state index is 12.5. The molecule has 0 unspecified atom stereocenters. The Morgan fingerprint density at radius 2 is 2.00 bits per heavy atom. The number of nitrogens with one attached hydrogen (secondary N) is 1. The van der Waals surface area contributed by atoms with Crippen molar-refractivity contribution in [2.45, 2.75) is 6.42 Å². The Morgan fingerprint density at radius 3 is 2.72 bits per heavy atom. The highest BCUT2D eigenvalue weighted by atomic mass is 16.5. The molecule has 25 heavy (non-hydrogen) atoms. The third-order valence-electron chi connectivity index (χ3n) is 4.17. The molecular weight excluding hydrogens is 320 g/mol. The van der Waals surface area contributed by atoms with Crippen molar-refractivity contribution in [2.24, 2.45) is 0 Å². The van der Waals surface area contributed by atoms with Gasteiger partial charge in [0.15, 0.2) is 12.4 Å². The third-order valence-corrected chi connectivity index (χ3v) is 4.17. The van der Waals surface area contributed by atoms with Gasteiger partial charge in [0.1, 0.15) is 5.75 Å². The van der Waals surface area contributed by atoms with E-state index in [1.165, 1.54) is 4.90 Å². The van der Waals surface area contributed by atoms with Gasteiger partial charge < -0.3 is 19.7 Å². The van der Waals surface area contributed by atoms with Crippen LogP contribution in [0.2, 0.25) is 0 Å². The molecule has 130 valence electrons. The maximum Gasteiger partial charge on any atom is 0.264 e. The standard InChI is InChI=1S/C19H20N2O4/c1-21-16-5-3-4-15(18(16)25-12-17(21)22)19(23)20-11-10-13-6-8-14(24-2)9-7-13/h3-9H,10-12H2,1-2H3,(H,20,23). The molecule has 0 spiro atoms. The molecule has 6 nitrogen and oxygen atoms in total. The van der Waals surface area contributed by atoms with Crippen molar-refractivity contribution < 1.29 is 19.1 Å². The summed E-state index contributed by atoms with van der Waals surface area (Å²) in [4.78, 5) is 25.7. The van der Waals surface area contributed by atoms with E-state index in [0.29, 0.717) is 30.0 Å². The number of ether oxygens (including phenoxy) is 2. The molecule has 1 aliphatic rings. The van der Waals surface area contributed by atoms with Gasteiger partial charge in [-0.1, -0.05) is 18.2 Å². The highest BCUT2D eigenvalue weighted by molar-refractivity contribution is 6.03. The number of rotatable bonds is 5. The molecule has 6 heteroatoms. The predicted molar refractivity (Wildman–Crippen MR) is 94.4 cm³/mol. The van der Waals surface area contributed by atoms with E-state index < -0.39 is 0 Å². The van der Waals surface area contributed by atoms with Crippen molar-refractivity contribution in [3.63, 3.8) is 0 Å². The van der Waals surface area contributed by atoms with Crippen LogP contribution in [0.5, 0.6) is 11.5 Å². The number of nitrogens with zero attached hydrogens (tertiary/aromatic N) is 1. The van der Waals surface area contributed by atoms with E-state index in [0.717, 1.165) is 11.3 Å². The Balaban J connectivity index is 1.65. The fourth-order valence-corrected chi connectivity index (χ4v) is 2.69. The Labute approximate surface area is 146 Å². The Hall–Kier alpha value is -3.02. The van der Waals surface area contributed by atoms with Gasteiger partial charge in [0.25, 0.3) is 11.8 Å². The first-order chi connectivity index (χ1) is 12.1.